The lowest BCUT2D eigenvalue weighted by atomic mass is 10.1. The molecular formula is C13H15N3O2. The quantitative estimate of drug-likeness (QED) is 0.870. The van der Waals surface area contributed by atoms with Crippen LogP contribution in [0.3, 0.4) is 0 Å². The topological polar surface area (TPSA) is 70.1 Å². The van der Waals surface area contributed by atoms with E-state index < -0.39 is 0 Å². The Morgan fingerprint density at radius 3 is 2.89 bits per heavy atom. The van der Waals surface area contributed by atoms with Crippen LogP contribution in [0.5, 0.6) is 5.75 Å². The molecule has 5 nitrogen and oxygen atoms in total. The monoisotopic (exact) mass is 245 g/mol. The van der Waals surface area contributed by atoms with Crippen LogP contribution in [-0.4, -0.2) is 16.7 Å². The second-order valence-electron chi connectivity index (χ2n) is 3.92. The molecule has 0 aliphatic heterocycles. The first kappa shape index (κ1) is 12.3. The average molecular weight is 245 g/mol. The zero-order valence-electron chi connectivity index (χ0n) is 10.1. The highest BCUT2D eigenvalue weighted by molar-refractivity contribution is 5.35. The predicted molar refractivity (Wildman–Crippen MR) is 68.4 cm³/mol. The Hall–Kier alpha value is -2.14. The lowest BCUT2D eigenvalue weighted by Crippen LogP contribution is -2.26. The number of hydrogen-bond acceptors (Lipinski definition) is 4. The summed E-state index contributed by atoms with van der Waals surface area (Å²) in [6.45, 7) is 0.368. The van der Waals surface area contributed by atoms with Crippen LogP contribution in [0, 0.1) is 0 Å². The number of hydrogen-bond donors (Lipinski definition) is 1. The van der Waals surface area contributed by atoms with Crippen molar-refractivity contribution >= 4 is 0 Å². The molecule has 5 heteroatoms. The molecule has 2 aromatic rings. The Bertz CT molecular complexity index is 580. The maximum Gasteiger partial charge on any atom is 0.253 e. The van der Waals surface area contributed by atoms with Crippen LogP contribution >= 0.6 is 0 Å². The van der Waals surface area contributed by atoms with E-state index in [1.54, 1.807) is 7.11 Å². The zero-order valence-corrected chi connectivity index (χ0v) is 10.1. The molecule has 18 heavy (non-hydrogen) atoms. The van der Waals surface area contributed by atoms with Crippen molar-refractivity contribution in [2.75, 3.05) is 7.11 Å². The van der Waals surface area contributed by atoms with Crippen molar-refractivity contribution in [1.82, 2.24) is 9.55 Å². The van der Waals surface area contributed by atoms with Gasteiger partial charge in [0.1, 0.15) is 5.75 Å². The van der Waals surface area contributed by atoms with Crippen LogP contribution in [0.15, 0.2) is 47.7 Å². The molecule has 0 radical (unpaired) electrons. The molecule has 2 N–H and O–H groups in total. The van der Waals surface area contributed by atoms with Gasteiger partial charge in [0.15, 0.2) is 0 Å². The van der Waals surface area contributed by atoms with E-state index in [1.165, 1.54) is 23.2 Å². The summed E-state index contributed by atoms with van der Waals surface area (Å²) >= 11 is 0. The van der Waals surface area contributed by atoms with Gasteiger partial charge in [-0.1, -0.05) is 18.2 Å². The summed E-state index contributed by atoms with van der Waals surface area (Å²) in [6, 6.07) is 8.61. The van der Waals surface area contributed by atoms with Crippen LogP contribution in [0.25, 0.3) is 0 Å². The third kappa shape index (κ3) is 2.57. The van der Waals surface area contributed by atoms with Crippen molar-refractivity contribution in [3.05, 3.63) is 58.8 Å². The van der Waals surface area contributed by atoms with Crippen LogP contribution in [0.2, 0.25) is 0 Å². The average Bonchev–Trinajstić information content (AvgIpc) is 2.41. The van der Waals surface area contributed by atoms with Crippen molar-refractivity contribution in [3.8, 4) is 5.75 Å². The summed E-state index contributed by atoms with van der Waals surface area (Å²) in [5.41, 5.74) is 6.86. The first-order chi connectivity index (χ1) is 8.72. The summed E-state index contributed by atoms with van der Waals surface area (Å²) in [4.78, 5) is 15.5. The fraction of sp³-hybridized carbons (Fsp3) is 0.231. The van der Waals surface area contributed by atoms with Crippen molar-refractivity contribution in [3.63, 3.8) is 0 Å². The minimum atomic E-state index is -0.317. The third-order valence-electron chi connectivity index (χ3n) is 2.72. The highest BCUT2D eigenvalue weighted by Gasteiger charge is 2.12. The molecule has 0 bridgehead atoms. The SMILES string of the molecule is COc1ccccc1C(N)Cn1cnccc1=O. The van der Waals surface area contributed by atoms with Gasteiger partial charge in [0.25, 0.3) is 5.56 Å². The maximum atomic E-state index is 11.6. The van der Waals surface area contributed by atoms with Crippen LogP contribution in [0.4, 0.5) is 0 Å². The summed E-state index contributed by atoms with van der Waals surface area (Å²) < 4.78 is 6.73. The minimum absolute atomic E-state index is 0.115. The predicted octanol–water partition coefficient (Wildman–Crippen LogP) is 0.952. The molecule has 1 heterocycles. The van der Waals surface area contributed by atoms with Gasteiger partial charge in [-0.05, 0) is 6.07 Å². The fourth-order valence-electron chi connectivity index (χ4n) is 1.80. The van der Waals surface area contributed by atoms with Gasteiger partial charge >= 0.3 is 0 Å². The minimum Gasteiger partial charge on any atom is -0.496 e. The van der Waals surface area contributed by atoms with Crippen molar-refractivity contribution in [2.45, 2.75) is 12.6 Å². The lowest BCUT2D eigenvalue weighted by molar-refractivity contribution is 0.401. The molecule has 0 saturated carbocycles. The van der Waals surface area contributed by atoms with Crippen LogP contribution < -0.4 is 16.0 Å². The van der Waals surface area contributed by atoms with Gasteiger partial charge in [-0.15, -0.1) is 0 Å². The normalized spacial score (nSPS) is 12.1. The number of aromatic nitrogens is 2. The molecule has 0 fully saturated rings. The fourth-order valence-corrected chi connectivity index (χ4v) is 1.80. The summed E-state index contributed by atoms with van der Waals surface area (Å²) in [7, 11) is 1.60. The van der Waals surface area contributed by atoms with Crippen LogP contribution in [-0.2, 0) is 6.54 Å². The van der Waals surface area contributed by atoms with E-state index in [2.05, 4.69) is 4.98 Å². The molecule has 0 saturated heterocycles. The summed E-state index contributed by atoms with van der Waals surface area (Å²) in [6.07, 6.45) is 2.95. The van der Waals surface area contributed by atoms with Gasteiger partial charge in [-0.3, -0.25) is 9.36 Å². The second kappa shape index (κ2) is 5.46. The molecule has 1 aromatic carbocycles. The molecule has 0 aliphatic carbocycles. The number of benzene rings is 1. The van der Waals surface area contributed by atoms with Gasteiger partial charge < -0.3 is 10.5 Å². The van der Waals surface area contributed by atoms with Gasteiger partial charge in [0.05, 0.1) is 19.5 Å². The van der Waals surface area contributed by atoms with Gasteiger partial charge in [-0.2, -0.15) is 0 Å². The lowest BCUT2D eigenvalue weighted by Gasteiger charge is -2.16. The third-order valence-corrected chi connectivity index (χ3v) is 2.72. The molecule has 2 rings (SSSR count). The van der Waals surface area contributed by atoms with E-state index in [1.807, 2.05) is 24.3 Å². The molecule has 1 aromatic heterocycles. The van der Waals surface area contributed by atoms with Gasteiger partial charge in [-0.25, -0.2) is 4.98 Å². The van der Waals surface area contributed by atoms with E-state index in [0.29, 0.717) is 6.54 Å². The maximum absolute atomic E-state index is 11.6. The Morgan fingerprint density at radius 2 is 2.17 bits per heavy atom. The number of rotatable bonds is 4. The molecule has 1 atom stereocenters. The summed E-state index contributed by atoms with van der Waals surface area (Å²) in [5.74, 6) is 0.724. The first-order valence-electron chi connectivity index (χ1n) is 5.61. The molecule has 0 aliphatic rings. The first-order valence-corrected chi connectivity index (χ1v) is 5.61. The summed E-state index contributed by atoms with van der Waals surface area (Å²) in [5, 5.41) is 0. The van der Waals surface area contributed by atoms with Crippen molar-refractivity contribution in [1.29, 1.82) is 0 Å². The molecule has 0 amide bonds. The van der Waals surface area contributed by atoms with E-state index in [4.69, 9.17) is 10.5 Å². The number of nitrogens with zero attached hydrogens (tertiary/aromatic N) is 2. The van der Waals surface area contributed by atoms with Crippen molar-refractivity contribution in [2.24, 2.45) is 5.73 Å². The van der Waals surface area contributed by atoms with E-state index in [9.17, 15) is 4.79 Å². The van der Waals surface area contributed by atoms with Gasteiger partial charge in [0, 0.05) is 24.4 Å². The van der Waals surface area contributed by atoms with E-state index in [-0.39, 0.29) is 11.6 Å². The number of para-hydroxylation sites is 1. The Balaban J connectivity index is 2.25. The molecule has 0 spiro atoms. The van der Waals surface area contributed by atoms with Gasteiger partial charge in [0.2, 0.25) is 0 Å². The number of methoxy groups -OCH3 is 1. The molecule has 1 unspecified atom stereocenters. The molecule has 94 valence electrons. The van der Waals surface area contributed by atoms with E-state index in [0.717, 1.165) is 11.3 Å². The smallest absolute Gasteiger partial charge is 0.253 e. The second-order valence-corrected chi connectivity index (χ2v) is 3.92. The Labute approximate surface area is 105 Å². The highest BCUT2D eigenvalue weighted by Crippen LogP contribution is 2.23. The number of nitrogens with two attached hydrogens (primary N) is 1. The Morgan fingerprint density at radius 1 is 1.39 bits per heavy atom. The molecular weight excluding hydrogens is 230 g/mol. The number of ether oxygens (including phenoxy) is 1. The zero-order chi connectivity index (χ0) is 13.0. The standard InChI is InChI=1S/C13H15N3O2/c1-18-12-5-3-2-4-10(12)11(14)8-16-9-15-7-6-13(16)17/h2-7,9,11H,8,14H2,1H3. The largest absolute Gasteiger partial charge is 0.496 e. The van der Waals surface area contributed by atoms with Crippen LogP contribution in [0.1, 0.15) is 11.6 Å². The van der Waals surface area contributed by atoms with Crippen molar-refractivity contribution < 1.29 is 4.74 Å². The Kier molecular flexibility index (Phi) is 3.74. The highest BCUT2D eigenvalue weighted by atomic mass is 16.5. The van der Waals surface area contributed by atoms with E-state index >= 15 is 0 Å².